The third-order valence-corrected chi connectivity index (χ3v) is 5.51. The van der Waals surface area contributed by atoms with Crippen molar-refractivity contribution in [3.63, 3.8) is 0 Å². The molecule has 2 fully saturated rings. The fourth-order valence-corrected chi connectivity index (χ4v) is 4.45. The first-order valence-electron chi connectivity index (χ1n) is 8.78. The Morgan fingerprint density at radius 2 is 1.96 bits per heavy atom. The lowest BCUT2D eigenvalue weighted by atomic mass is 9.96. The summed E-state index contributed by atoms with van der Waals surface area (Å²) in [5, 5.41) is 4.38. The molecule has 2 aromatic heterocycles. The SMILES string of the molecule is Cc1cc(C)n2ncc(C(=O)N3CCC[C@H]3C3CCCC3)c2n1. The molecule has 1 saturated heterocycles. The van der Waals surface area contributed by atoms with Gasteiger partial charge in [0, 0.05) is 24.0 Å². The molecule has 1 aliphatic heterocycles. The highest BCUT2D eigenvalue weighted by molar-refractivity contribution is 6.00. The molecule has 0 bridgehead atoms. The van der Waals surface area contributed by atoms with Gasteiger partial charge in [-0.1, -0.05) is 12.8 Å². The Morgan fingerprint density at radius 1 is 1.17 bits per heavy atom. The molecule has 1 amide bonds. The number of amides is 1. The summed E-state index contributed by atoms with van der Waals surface area (Å²) in [6, 6.07) is 2.41. The maximum Gasteiger partial charge on any atom is 0.259 e. The first kappa shape index (κ1) is 14.7. The van der Waals surface area contributed by atoms with Crippen molar-refractivity contribution in [2.24, 2.45) is 5.92 Å². The number of carbonyl (C=O) groups is 1. The molecule has 0 radical (unpaired) electrons. The van der Waals surface area contributed by atoms with E-state index in [0.717, 1.165) is 30.8 Å². The van der Waals surface area contributed by atoms with Gasteiger partial charge < -0.3 is 4.90 Å². The molecule has 0 N–H and O–H groups in total. The molecular weight excluding hydrogens is 288 g/mol. The maximum absolute atomic E-state index is 13.1. The zero-order chi connectivity index (χ0) is 16.0. The van der Waals surface area contributed by atoms with E-state index in [0.29, 0.717) is 23.2 Å². The van der Waals surface area contributed by atoms with E-state index in [9.17, 15) is 4.79 Å². The molecule has 2 aliphatic rings. The maximum atomic E-state index is 13.1. The smallest absolute Gasteiger partial charge is 0.259 e. The summed E-state index contributed by atoms with van der Waals surface area (Å²) < 4.78 is 1.78. The lowest BCUT2D eigenvalue weighted by Crippen LogP contribution is -2.39. The average molecular weight is 312 g/mol. The number of likely N-dealkylation sites (tertiary alicyclic amines) is 1. The van der Waals surface area contributed by atoms with E-state index in [-0.39, 0.29) is 5.91 Å². The second-order valence-electron chi connectivity index (χ2n) is 7.09. The van der Waals surface area contributed by atoms with E-state index < -0.39 is 0 Å². The van der Waals surface area contributed by atoms with Crippen LogP contribution in [0.1, 0.15) is 60.3 Å². The highest BCUT2D eigenvalue weighted by atomic mass is 16.2. The summed E-state index contributed by atoms with van der Waals surface area (Å²) in [5.41, 5.74) is 3.30. The van der Waals surface area contributed by atoms with Gasteiger partial charge >= 0.3 is 0 Å². The van der Waals surface area contributed by atoms with Gasteiger partial charge in [0.05, 0.1) is 6.20 Å². The predicted molar refractivity (Wildman–Crippen MR) is 88.5 cm³/mol. The molecule has 122 valence electrons. The molecule has 1 atom stereocenters. The molecule has 1 aliphatic carbocycles. The zero-order valence-corrected chi connectivity index (χ0v) is 14.0. The Labute approximate surface area is 136 Å². The van der Waals surface area contributed by atoms with Crippen LogP contribution in [0.5, 0.6) is 0 Å². The molecule has 1 saturated carbocycles. The molecule has 0 spiro atoms. The number of rotatable bonds is 2. The Hall–Kier alpha value is -1.91. The van der Waals surface area contributed by atoms with E-state index in [1.807, 2.05) is 19.9 Å². The number of fused-ring (bicyclic) bond motifs is 1. The van der Waals surface area contributed by atoms with E-state index >= 15 is 0 Å². The van der Waals surface area contributed by atoms with E-state index in [1.165, 1.54) is 25.7 Å². The molecule has 3 heterocycles. The largest absolute Gasteiger partial charge is 0.335 e. The summed E-state index contributed by atoms with van der Waals surface area (Å²) in [4.78, 5) is 19.8. The molecule has 0 aromatic carbocycles. The van der Waals surface area contributed by atoms with E-state index in [2.05, 4.69) is 15.0 Å². The standard InChI is InChI=1S/C18H24N4O/c1-12-10-13(2)22-17(20-12)15(11-19-22)18(23)21-9-5-8-16(21)14-6-3-4-7-14/h10-11,14,16H,3-9H2,1-2H3/t16-/m0/s1. The zero-order valence-electron chi connectivity index (χ0n) is 14.0. The van der Waals surface area contributed by atoms with E-state index in [1.54, 1.807) is 10.7 Å². The minimum Gasteiger partial charge on any atom is -0.335 e. The minimum absolute atomic E-state index is 0.118. The van der Waals surface area contributed by atoms with Crippen molar-refractivity contribution in [1.29, 1.82) is 0 Å². The van der Waals surface area contributed by atoms with Crippen molar-refractivity contribution < 1.29 is 4.79 Å². The number of aromatic nitrogens is 3. The number of hydrogen-bond acceptors (Lipinski definition) is 3. The summed E-state index contributed by atoms with van der Waals surface area (Å²) >= 11 is 0. The quantitative estimate of drug-likeness (QED) is 0.856. The van der Waals surface area contributed by atoms with Crippen molar-refractivity contribution in [3.8, 4) is 0 Å². The van der Waals surface area contributed by atoms with Crippen molar-refractivity contribution in [1.82, 2.24) is 19.5 Å². The fraction of sp³-hybridized carbons (Fsp3) is 0.611. The normalized spacial score (nSPS) is 22.3. The van der Waals surface area contributed by atoms with Crippen LogP contribution in [-0.4, -0.2) is 38.0 Å². The highest BCUT2D eigenvalue weighted by Gasteiger charge is 2.37. The van der Waals surface area contributed by atoms with Gasteiger partial charge in [-0.2, -0.15) is 5.10 Å². The number of hydrogen-bond donors (Lipinski definition) is 0. The number of aryl methyl sites for hydroxylation is 2. The van der Waals surface area contributed by atoms with Crippen molar-refractivity contribution >= 4 is 11.6 Å². The Bertz CT molecular complexity index is 745. The second-order valence-corrected chi connectivity index (χ2v) is 7.09. The first-order chi connectivity index (χ1) is 11.1. The van der Waals surface area contributed by atoms with Crippen LogP contribution >= 0.6 is 0 Å². The van der Waals surface area contributed by atoms with Gasteiger partial charge in [0.25, 0.3) is 5.91 Å². The van der Waals surface area contributed by atoms with Crippen LogP contribution in [0.2, 0.25) is 0 Å². The van der Waals surface area contributed by atoms with Crippen LogP contribution in [0.25, 0.3) is 5.65 Å². The van der Waals surface area contributed by atoms with Crippen molar-refractivity contribution in [2.45, 2.75) is 58.4 Å². The van der Waals surface area contributed by atoms with Crippen LogP contribution in [0.15, 0.2) is 12.3 Å². The van der Waals surface area contributed by atoms with E-state index in [4.69, 9.17) is 0 Å². The number of nitrogens with zero attached hydrogens (tertiary/aromatic N) is 4. The topological polar surface area (TPSA) is 50.5 Å². The Balaban J connectivity index is 1.68. The highest BCUT2D eigenvalue weighted by Crippen LogP contribution is 2.36. The molecular formula is C18H24N4O. The molecule has 2 aromatic rings. The fourth-order valence-electron chi connectivity index (χ4n) is 4.45. The van der Waals surface area contributed by atoms with Crippen LogP contribution in [0.3, 0.4) is 0 Å². The molecule has 5 nitrogen and oxygen atoms in total. The van der Waals surface area contributed by atoms with Gasteiger partial charge in [0.1, 0.15) is 5.56 Å². The van der Waals surface area contributed by atoms with Gasteiger partial charge in [-0.05, 0) is 51.5 Å². The lowest BCUT2D eigenvalue weighted by molar-refractivity contribution is 0.0691. The third-order valence-electron chi connectivity index (χ3n) is 5.51. The Kier molecular flexibility index (Phi) is 3.58. The summed E-state index contributed by atoms with van der Waals surface area (Å²) in [5.74, 6) is 0.812. The van der Waals surface area contributed by atoms with Crippen molar-refractivity contribution in [3.05, 3.63) is 29.2 Å². The molecule has 0 unspecified atom stereocenters. The molecule has 5 heteroatoms. The molecule has 23 heavy (non-hydrogen) atoms. The third kappa shape index (κ3) is 2.42. The van der Waals surface area contributed by atoms with Gasteiger partial charge in [-0.3, -0.25) is 4.79 Å². The van der Waals surface area contributed by atoms with Crippen LogP contribution in [0.4, 0.5) is 0 Å². The number of carbonyl (C=O) groups excluding carboxylic acids is 1. The van der Waals surface area contributed by atoms with Gasteiger partial charge in [-0.25, -0.2) is 9.50 Å². The predicted octanol–water partition coefficient (Wildman–Crippen LogP) is 3.14. The monoisotopic (exact) mass is 312 g/mol. The summed E-state index contributed by atoms with van der Waals surface area (Å²) in [6.45, 7) is 4.84. The van der Waals surface area contributed by atoms with Crippen molar-refractivity contribution in [2.75, 3.05) is 6.54 Å². The summed E-state index contributed by atoms with van der Waals surface area (Å²) in [6.07, 6.45) is 9.17. The van der Waals surface area contributed by atoms with Crippen LogP contribution in [0, 0.1) is 19.8 Å². The van der Waals surface area contributed by atoms with Crippen LogP contribution < -0.4 is 0 Å². The van der Waals surface area contributed by atoms with Crippen LogP contribution in [-0.2, 0) is 0 Å². The summed E-state index contributed by atoms with van der Waals surface area (Å²) in [7, 11) is 0. The first-order valence-corrected chi connectivity index (χ1v) is 8.78. The molecule has 4 rings (SSSR count). The average Bonchev–Trinajstić information content (AvgIpc) is 3.25. The lowest BCUT2D eigenvalue weighted by Gasteiger charge is -2.29. The minimum atomic E-state index is 0.118. The van der Waals surface area contributed by atoms with Gasteiger partial charge in [-0.15, -0.1) is 0 Å². The van der Waals surface area contributed by atoms with Gasteiger partial charge in [0.15, 0.2) is 5.65 Å². The Morgan fingerprint density at radius 3 is 2.74 bits per heavy atom. The van der Waals surface area contributed by atoms with Gasteiger partial charge in [0.2, 0.25) is 0 Å². The second kappa shape index (κ2) is 5.62.